The Bertz CT molecular complexity index is 34.8. The van der Waals surface area contributed by atoms with Crippen molar-refractivity contribution in [3.63, 3.8) is 0 Å². The zero-order chi connectivity index (χ0) is 4.50. The van der Waals surface area contributed by atoms with Crippen LogP contribution in [0.1, 0.15) is 1.43 Å². The maximum absolute atomic E-state index is 10.2. The minimum absolute atomic E-state index is 0. The summed E-state index contributed by atoms with van der Waals surface area (Å²) >= 11 is 0. The molecule has 0 N–H and O–H groups in total. The molecule has 0 fully saturated rings. The van der Waals surface area contributed by atoms with Gasteiger partial charge in [0.15, 0.2) is 0 Å². The molecule has 0 aliphatic carbocycles. The van der Waals surface area contributed by atoms with Crippen molar-refractivity contribution in [1.82, 2.24) is 0 Å². The summed E-state index contributed by atoms with van der Waals surface area (Å²) in [5.41, 5.74) is 0. The molecule has 0 saturated heterocycles. The van der Waals surface area contributed by atoms with Crippen LogP contribution in [0.4, 0.5) is 0 Å². The fourth-order valence-corrected chi connectivity index (χ4v) is 0. The van der Waals surface area contributed by atoms with E-state index in [1.165, 1.54) is 0 Å². The van der Waals surface area contributed by atoms with Crippen LogP contribution >= 0.6 is 0 Å². The van der Waals surface area contributed by atoms with E-state index in [1.807, 2.05) is 0 Å². The molecular weight excluding hydrogens is 142 g/mol. The van der Waals surface area contributed by atoms with Crippen molar-refractivity contribution in [2.45, 2.75) is 19.6 Å². The molecule has 0 bridgehead atoms. The first kappa shape index (κ1) is 16.4. The minimum atomic E-state index is -1.86. The van der Waals surface area contributed by atoms with E-state index in [4.69, 9.17) is 0 Å². The largest absolute Gasteiger partial charge is 1.00 e. The Labute approximate surface area is 113 Å². The molecule has 1 nitrogen and oxygen atoms in total. The van der Waals surface area contributed by atoms with Crippen LogP contribution in [0.5, 0.6) is 0 Å². The van der Waals surface area contributed by atoms with Crippen LogP contribution in [0.25, 0.3) is 0 Å². The zero-order valence-electron chi connectivity index (χ0n) is 6.91. The summed E-state index contributed by atoms with van der Waals surface area (Å²) in [7, 11) is -1.86. The Morgan fingerprint density at radius 2 is 1.29 bits per heavy atom. The molecule has 0 radical (unpaired) electrons. The monoisotopic (exact) mass is 152 g/mol. The van der Waals surface area contributed by atoms with Gasteiger partial charge in [0.25, 0.3) is 0 Å². The predicted molar refractivity (Wildman–Crippen MR) is 24.5 cm³/mol. The maximum Gasteiger partial charge on any atom is 1.00 e. The molecule has 0 aromatic heterocycles. The van der Waals surface area contributed by atoms with E-state index < -0.39 is 8.32 Å². The van der Waals surface area contributed by atoms with E-state index in [-0.39, 0.29) is 82.4 Å². The quantitative estimate of drug-likeness (QED) is 0.317. The van der Waals surface area contributed by atoms with Crippen molar-refractivity contribution in [3.8, 4) is 0 Å². The molecule has 0 aromatic rings. The topological polar surface area (TPSA) is 23.1 Å². The van der Waals surface area contributed by atoms with Crippen LogP contribution < -0.4 is 85.7 Å². The van der Waals surface area contributed by atoms with Crippen molar-refractivity contribution in [1.29, 1.82) is 0 Å². The van der Waals surface area contributed by atoms with Gasteiger partial charge in [0.2, 0.25) is 0 Å². The SMILES string of the molecule is C[Si](C)(C)[O-].[H-].[K+].[Na+]. The van der Waals surface area contributed by atoms with E-state index in [2.05, 4.69) is 0 Å². The van der Waals surface area contributed by atoms with Gasteiger partial charge in [-0.2, -0.15) is 0 Å². The first-order valence-electron chi connectivity index (χ1n) is 1.70. The second kappa shape index (κ2) is 6.93. The Morgan fingerprint density at radius 1 is 1.29 bits per heavy atom. The Hall–Kier alpha value is 2.81. The van der Waals surface area contributed by atoms with Gasteiger partial charge in [-0.05, 0) is 0 Å². The molecule has 0 saturated carbocycles. The third-order valence-corrected chi connectivity index (χ3v) is 0. The van der Waals surface area contributed by atoms with Crippen molar-refractivity contribution in [2.75, 3.05) is 0 Å². The van der Waals surface area contributed by atoms with Gasteiger partial charge < -0.3 is 6.22 Å². The molecule has 4 heteroatoms. The Balaban J connectivity index is -0.0000000267. The van der Waals surface area contributed by atoms with Crippen molar-refractivity contribution < 1.29 is 87.2 Å². The van der Waals surface area contributed by atoms with E-state index in [1.54, 1.807) is 19.6 Å². The van der Waals surface area contributed by atoms with E-state index >= 15 is 0 Å². The first-order chi connectivity index (χ1) is 2.00. The fourth-order valence-electron chi connectivity index (χ4n) is 0. The number of hydrogen-bond donors (Lipinski definition) is 0. The summed E-state index contributed by atoms with van der Waals surface area (Å²) < 4.78 is 0. The van der Waals surface area contributed by atoms with Crippen LogP contribution in [0, 0.1) is 0 Å². The summed E-state index contributed by atoms with van der Waals surface area (Å²) in [6.45, 7) is 5.31. The number of hydrogen-bond acceptors (Lipinski definition) is 1. The summed E-state index contributed by atoms with van der Waals surface area (Å²) in [5.74, 6) is 0. The molecule has 0 spiro atoms. The standard InChI is InChI=1S/C3H9OSi.K.Na.H/c1-5(2,3)4;;;/h1-3H3;;;/q-1;2*+1;-1. The van der Waals surface area contributed by atoms with Gasteiger partial charge in [0.1, 0.15) is 0 Å². The van der Waals surface area contributed by atoms with E-state index in [0.717, 1.165) is 0 Å². The van der Waals surface area contributed by atoms with Gasteiger partial charge in [0.05, 0.1) is 0 Å². The van der Waals surface area contributed by atoms with Gasteiger partial charge in [0, 0.05) is 0 Å². The molecule has 0 atom stereocenters. The van der Waals surface area contributed by atoms with Crippen LogP contribution in [0.3, 0.4) is 0 Å². The van der Waals surface area contributed by atoms with Crippen molar-refractivity contribution in [2.24, 2.45) is 0 Å². The van der Waals surface area contributed by atoms with Gasteiger partial charge >= 0.3 is 80.9 Å². The molecular formula is C3H10KNaOSi. The molecule has 0 aliphatic heterocycles. The molecule has 0 aromatic carbocycles. The molecule has 0 amide bonds. The van der Waals surface area contributed by atoms with Gasteiger partial charge in [-0.25, -0.2) is 0 Å². The maximum atomic E-state index is 10.2. The summed E-state index contributed by atoms with van der Waals surface area (Å²) in [6, 6.07) is 0. The average molecular weight is 152 g/mol. The Kier molecular flexibility index (Phi) is 16.2. The van der Waals surface area contributed by atoms with Crippen LogP contribution in [0.15, 0.2) is 0 Å². The van der Waals surface area contributed by atoms with Crippen LogP contribution in [-0.2, 0) is 0 Å². The summed E-state index contributed by atoms with van der Waals surface area (Å²) in [6.07, 6.45) is 0. The molecule has 0 rings (SSSR count). The van der Waals surface area contributed by atoms with Gasteiger partial charge in [-0.15, -0.1) is 0 Å². The van der Waals surface area contributed by atoms with Crippen molar-refractivity contribution >= 4 is 8.32 Å². The molecule has 34 valence electrons. The normalized spacial score (nSPS) is 8.57. The third kappa shape index (κ3) is 51.7. The summed E-state index contributed by atoms with van der Waals surface area (Å²) in [5, 5.41) is 0. The minimum Gasteiger partial charge on any atom is -1.00 e. The van der Waals surface area contributed by atoms with Crippen molar-refractivity contribution in [3.05, 3.63) is 0 Å². The fraction of sp³-hybridized carbons (Fsp3) is 1.00. The van der Waals surface area contributed by atoms with Gasteiger partial charge in [-0.1, -0.05) is 28.0 Å². The molecule has 7 heavy (non-hydrogen) atoms. The van der Waals surface area contributed by atoms with E-state index in [9.17, 15) is 4.80 Å². The smallest absolute Gasteiger partial charge is 1.00 e. The molecule has 0 heterocycles. The first-order valence-corrected chi connectivity index (χ1v) is 5.11. The second-order valence-electron chi connectivity index (χ2n) is 2.11. The summed E-state index contributed by atoms with van der Waals surface area (Å²) in [4.78, 5) is 10.2. The predicted octanol–water partition coefficient (Wildman–Crippen LogP) is -5.70. The average Bonchev–Trinajstić information content (AvgIpc) is 0.722. The van der Waals surface area contributed by atoms with Crippen LogP contribution in [-0.4, -0.2) is 8.32 Å². The Morgan fingerprint density at radius 3 is 1.29 bits per heavy atom. The third-order valence-electron chi connectivity index (χ3n) is 0. The molecule has 0 unspecified atom stereocenters. The van der Waals surface area contributed by atoms with E-state index in [0.29, 0.717) is 0 Å². The van der Waals surface area contributed by atoms with Crippen LogP contribution in [0.2, 0.25) is 19.6 Å². The second-order valence-corrected chi connectivity index (χ2v) is 6.34. The molecule has 0 aliphatic rings. The zero-order valence-corrected chi connectivity index (χ0v) is 12.0. The van der Waals surface area contributed by atoms with Gasteiger partial charge in [-0.3, -0.25) is 0 Å². The number of rotatable bonds is 0.